The molecule has 0 radical (unpaired) electrons. The Morgan fingerprint density at radius 3 is 1.12 bits per heavy atom. The Hall–Kier alpha value is -5.08. The van der Waals surface area contributed by atoms with Gasteiger partial charge in [0.25, 0.3) is 20.0 Å². The fourth-order valence-electron chi connectivity index (χ4n) is 4.98. The molecule has 0 spiro atoms. The summed E-state index contributed by atoms with van der Waals surface area (Å²) < 4.78 is 66.8. The molecule has 2 amide bonds. The van der Waals surface area contributed by atoms with Gasteiger partial charge >= 0.3 is 0 Å². The molecule has 272 valence electrons. The van der Waals surface area contributed by atoms with Gasteiger partial charge in [-0.1, -0.05) is 19.3 Å². The molecule has 51 heavy (non-hydrogen) atoms. The molecule has 4 aromatic rings. The van der Waals surface area contributed by atoms with E-state index in [9.17, 15) is 26.4 Å². The van der Waals surface area contributed by atoms with E-state index >= 15 is 0 Å². The smallest absolute Gasteiger partial charge is 0.261 e. The zero-order valence-corrected chi connectivity index (χ0v) is 30.3. The van der Waals surface area contributed by atoms with Crippen LogP contribution in [-0.2, 0) is 29.6 Å². The fourth-order valence-corrected chi connectivity index (χ4v) is 7.10. The van der Waals surface area contributed by atoms with E-state index in [1.165, 1.54) is 24.3 Å². The Labute approximate surface area is 300 Å². The summed E-state index contributed by atoms with van der Waals surface area (Å²) in [7, 11) is -7.60. The number of nitrogens with one attached hydrogen (secondary N) is 4. The van der Waals surface area contributed by atoms with E-state index in [4.69, 9.17) is 9.47 Å². The molecule has 0 saturated heterocycles. The number of ether oxygens (including phenoxy) is 2. The van der Waals surface area contributed by atoms with Crippen molar-refractivity contribution >= 4 is 54.6 Å². The van der Waals surface area contributed by atoms with Crippen molar-refractivity contribution in [3.8, 4) is 11.5 Å². The van der Waals surface area contributed by atoms with Gasteiger partial charge in [-0.3, -0.25) is 19.0 Å². The molecule has 4 aromatic carbocycles. The maximum atomic E-state index is 12.7. The summed E-state index contributed by atoms with van der Waals surface area (Å²) >= 11 is 0. The van der Waals surface area contributed by atoms with Crippen molar-refractivity contribution in [2.75, 3.05) is 33.3 Å². The van der Waals surface area contributed by atoms with Crippen molar-refractivity contribution in [1.82, 2.24) is 0 Å². The highest BCUT2D eigenvalue weighted by Crippen LogP contribution is 2.23. The number of unbranched alkanes of at least 4 members (excludes halogenated alkanes) is 4. The van der Waals surface area contributed by atoms with E-state index in [1.54, 1.807) is 72.8 Å². The first-order valence-corrected chi connectivity index (χ1v) is 19.8. The molecule has 0 heterocycles. The lowest BCUT2D eigenvalue weighted by Crippen LogP contribution is -2.14. The number of carbonyl (C=O) groups is 2. The zero-order chi connectivity index (χ0) is 36.7. The van der Waals surface area contributed by atoms with E-state index in [-0.39, 0.29) is 21.6 Å². The highest BCUT2D eigenvalue weighted by Gasteiger charge is 2.16. The second-order valence-corrected chi connectivity index (χ2v) is 14.9. The predicted octanol–water partition coefficient (Wildman–Crippen LogP) is 7.39. The summed E-state index contributed by atoms with van der Waals surface area (Å²) in [5.41, 5.74) is 1.82. The first-order valence-electron chi connectivity index (χ1n) is 16.8. The minimum absolute atomic E-state index is 0.0703. The normalized spacial score (nSPS) is 11.3. The van der Waals surface area contributed by atoms with Crippen molar-refractivity contribution in [3.05, 3.63) is 97.1 Å². The van der Waals surface area contributed by atoms with E-state index < -0.39 is 20.0 Å². The number of benzene rings is 4. The van der Waals surface area contributed by atoms with Crippen LogP contribution < -0.4 is 29.6 Å². The van der Waals surface area contributed by atoms with E-state index in [2.05, 4.69) is 20.1 Å². The van der Waals surface area contributed by atoms with Crippen molar-refractivity contribution in [3.63, 3.8) is 0 Å². The van der Waals surface area contributed by atoms with Crippen LogP contribution in [-0.4, -0.2) is 41.9 Å². The van der Waals surface area contributed by atoms with Gasteiger partial charge in [0.05, 0.1) is 23.0 Å². The third-order valence-electron chi connectivity index (χ3n) is 7.54. The number of carbonyl (C=O) groups excluding carboxylic acids is 2. The minimum Gasteiger partial charge on any atom is -0.494 e. The van der Waals surface area contributed by atoms with Crippen LogP contribution in [0.4, 0.5) is 22.7 Å². The lowest BCUT2D eigenvalue weighted by atomic mass is 10.1. The maximum absolute atomic E-state index is 12.7. The van der Waals surface area contributed by atoms with Crippen LogP contribution in [0.3, 0.4) is 0 Å². The molecule has 0 aliphatic rings. The lowest BCUT2D eigenvalue weighted by molar-refractivity contribution is -0.117. The third-order valence-corrected chi connectivity index (χ3v) is 10.3. The molecule has 0 aliphatic heterocycles. The van der Waals surface area contributed by atoms with Crippen LogP contribution in [0, 0.1) is 0 Å². The highest BCUT2D eigenvalue weighted by atomic mass is 32.2. The van der Waals surface area contributed by atoms with Crippen molar-refractivity contribution in [1.29, 1.82) is 0 Å². The first-order chi connectivity index (χ1) is 24.5. The zero-order valence-electron chi connectivity index (χ0n) is 28.7. The Bertz CT molecular complexity index is 1790. The summed E-state index contributed by atoms with van der Waals surface area (Å²) in [5.74, 6) is 0.969. The van der Waals surface area contributed by atoms with E-state index in [0.29, 0.717) is 73.1 Å². The largest absolute Gasteiger partial charge is 0.494 e. The quantitative estimate of drug-likeness (QED) is 0.0681. The first kappa shape index (κ1) is 38.7. The standard InChI is InChI=1S/C37H44N4O8S2/c1-3-48-32-20-12-30(13-21-32)40-50(44,45)34-24-16-28(17-25-34)38-36(42)10-8-6-5-7-9-11-37(43)39-29-18-26-35(27-19-29)51(46,47)41-31-14-22-33(23-15-31)49-4-2/h12-27,40-41H,3-11H2,1-2H3,(H,38,42)(H,39,43). The van der Waals surface area contributed by atoms with Crippen LogP contribution in [0.15, 0.2) is 107 Å². The van der Waals surface area contributed by atoms with Gasteiger partial charge in [0.2, 0.25) is 11.8 Å². The van der Waals surface area contributed by atoms with Crippen molar-refractivity contribution in [2.24, 2.45) is 0 Å². The van der Waals surface area contributed by atoms with Crippen LogP contribution in [0.25, 0.3) is 0 Å². The Morgan fingerprint density at radius 1 is 0.471 bits per heavy atom. The van der Waals surface area contributed by atoms with Gasteiger partial charge < -0.3 is 20.1 Å². The molecule has 4 N–H and O–H groups in total. The van der Waals surface area contributed by atoms with Gasteiger partial charge in [0, 0.05) is 35.6 Å². The van der Waals surface area contributed by atoms with Gasteiger partial charge in [0.1, 0.15) is 11.5 Å². The number of rotatable bonds is 20. The number of sulfonamides is 2. The monoisotopic (exact) mass is 736 g/mol. The van der Waals surface area contributed by atoms with Gasteiger partial charge in [0.15, 0.2) is 0 Å². The topological polar surface area (TPSA) is 169 Å². The molecular weight excluding hydrogens is 693 g/mol. The van der Waals surface area contributed by atoms with Gasteiger partial charge in [-0.05, 0) is 124 Å². The molecule has 0 unspecified atom stereocenters. The Kier molecular flexibility index (Phi) is 14.3. The molecule has 0 atom stereocenters. The summed E-state index contributed by atoms with van der Waals surface area (Å²) in [5, 5.41) is 5.59. The Balaban J connectivity index is 1.09. The van der Waals surface area contributed by atoms with Gasteiger partial charge in [-0.15, -0.1) is 0 Å². The fraction of sp³-hybridized carbons (Fsp3) is 0.297. The Morgan fingerprint density at radius 2 is 0.784 bits per heavy atom. The second-order valence-electron chi connectivity index (χ2n) is 11.5. The molecule has 14 heteroatoms. The van der Waals surface area contributed by atoms with E-state index in [0.717, 1.165) is 19.3 Å². The summed E-state index contributed by atoms with van der Waals surface area (Å²) in [6.07, 6.45) is 4.51. The number of hydrogen-bond acceptors (Lipinski definition) is 8. The summed E-state index contributed by atoms with van der Waals surface area (Å²) in [4.78, 5) is 25.0. The molecule has 12 nitrogen and oxygen atoms in total. The molecule has 0 bridgehead atoms. The molecule has 0 aliphatic carbocycles. The highest BCUT2D eigenvalue weighted by molar-refractivity contribution is 7.93. The van der Waals surface area contributed by atoms with Gasteiger partial charge in [-0.2, -0.15) is 0 Å². The SMILES string of the molecule is CCOc1ccc(NS(=O)(=O)c2ccc(NC(=O)CCCCCCCC(=O)Nc3ccc(S(=O)(=O)Nc4ccc(OCC)cc4)cc3)cc2)cc1. The van der Waals surface area contributed by atoms with Crippen LogP contribution in [0.1, 0.15) is 58.8 Å². The number of anilines is 4. The second kappa shape index (κ2) is 18.8. The van der Waals surface area contributed by atoms with Crippen LogP contribution in [0.5, 0.6) is 11.5 Å². The predicted molar refractivity (Wildman–Crippen MR) is 199 cm³/mol. The molecule has 0 aromatic heterocycles. The van der Waals surface area contributed by atoms with Crippen LogP contribution in [0.2, 0.25) is 0 Å². The van der Waals surface area contributed by atoms with Gasteiger partial charge in [-0.25, -0.2) is 16.8 Å². The molecule has 4 rings (SSSR count). The molecule has 0 saturated carbocycles. The summed E-state index contributed by atoms with van der Waals surface area (Å²) in [6.45, 7) is 4.77. The lowest BCUT2D eigenvalue weighted by Gasteiger charge is -2.10. The summed E-state index contributed by atoms with van der Waals surface area (Å²) in [6, 6.07) is 25.2. The van der Waals surface area contributed by atoms with Crippen LogP contribution >= 0.6 is 0 Å². The average molecular weight is 737 g/mol. The van der Waals surface area contributed by atoms with E-state index in [1.807, 2.05) is 13.8 Å². The molecular formula is C37H44N4O8S2. The maximum Gasteiger partial charge on any atom is 0.261 e. The number of hydrogen-bond donors (Lipinski definition) is 4. The average Bonchev–Trinajstić information content (AvgIpc) is 3.10. The number of amides is 2. The minimum atomic E-state index is -3.80. The van der Waals surface area contributed by atoms with Crippen molar-refractivity contribution < 1.29 is 35.9 Å². The third kappa shape index (κ3) is 12.6. The van der Waals surface area contributed by atoms with Crippen molar-refractivity contribution in [2.45, 2.75) is 68.6 Å². The molecule has 0 fully saturated rings.